The van der Waals surface area contributed by atoms with Gasteiger partial charge in [-0.05, 0) is 41.8 Å². The lowest BCUT2D eigenvalue weighted by Gasteiger charge is -2.05. The van der Waals surface area contributed by atoms with Gasteiger partial charge in [0, 0.05) is 24.0 Å². The summed E-state index contributed by atoms with van der Waals surface area (Å²) in [5, 5.41) is 8.71. The summed E-state index contributed by atoms with van der Waals surface area (Å²) in [6.07, 6.45) is 4.08. The first-order valence-electron chi connectivity index (χ1n) is 5.79. The second-order valence-corrected chi connectivity index (χ2v) is 4.26. The van der Waals surface area contributed by atoms with E-state index in [1.807, 2.05) is 0 Å². The molecule has 20 heavy (non-hydrogen) atoms. The number of carboxylic acids is 1. The van der Waals surface area contributed by atoms with Gasteiger partial charge in [0.1, 0.15) is 0 Å². The number of carbonyl (C=O) groups is 1. The maximum Gasteiger partial charge on any atom is 0.328 e. The van der Waals surface area contributed by atoms with Gasteiger partial charge in [0.2, 0.25) is 0 Å². The zero-order valence-electron chi connectivity index (χ0n) is 10.6. The van der Waals surface area contributed by atoms with Gasteiger partial charge in [0.05, 0.1) is 0 Å². The van der Waals surface area contributed by atoms with E-state index < -0.39 is 17.6 Å². The van der Waals surface area contributed by atoms with Gasteiger partial charge < -0.3 is 5.11 Å². The van der Waals surface area contributed by atoms with Gasteiger partial charge in [0.15, 0.2) is 11.6 Å². The molecule has 5 heteroatoms. The van der Waals surface area contributed by atoms with Crippen molar-refractivity contribution in [3.05, 3.63) is 59.9 Å². The molecule has 0 saturated carbocycles. The van der Waals surface area contributed by atoms with E-state index in [2.05, 4.69) is 4.98 Å². The summed E-state index contributed by atoms with van der Waals surface area (Å²) in [4.78, 5) is 14.6. The van der Waals surface area contributed by atoms with Crippen molar-refractivity contribution < 1.29 is 18.7 Å². The molecule has 0 atom stereocenters. The lowest BCUT2D eigenvalue weighted by Crippen LogP contribution is -1.92. The Labute approximate surface area is 114 Å². The van der Waals surface area contributed by atoms with Crippen LogP contribution in [0.2, 0.25) is 0 Å². The molecule has 2 aromatic rings. The highest BCUT2D eigenvalue weighted by molar-refractivity contribution is 5.89. The van der Waals surface area contributed by atoms with Gasteiger partial charge >= 0.3 is 5.97 Å². The number of halogens is 2. The third kappa shape index (κ3) is 3.06. The molecular formula is C15H11F2NO2. The average molecular weight is 275 g/mol. The van der Waals surface area contributed by atoms with Crippen LogP contribution in [-0.4, -0.2) is 16.1 Å². The van der Waals surface area contributed by atoms with Crippen molar-refractivity contribution >= 4 is 11.5 Å². The summed E-state index contributed by atoms with van der Waals surface area (Å²) in [5.41, 5.74) is 2.19. The minimum atomic E-state index is -1.05. The summed E-state index contributed by atoms with van der Waals surface area (Å²) in [6.45, 7) is 1.64. The molecule has 0 amide bonds. The molecule has 1 aromatic carbocycles. The Bertz CT molecular complexity index is 696. The fraction of sp³-hybridized carbons (Fsp3) is 0.0667. The first-order chi connectivity index (χ1) is 9.47. The molecule has 1 N–H and O–H groups in total. The molecular weight excluding hydrogens is 264 g/mol. The molecule has 0 saturated heterocycles. The fourth-order valence-corrected chi connectivity index (χ4v) is 1.76. The molecule has 0 radical (unpaired) electrons. The number of carboxylic acid groups (broad SMARTS) is 1. The Kier molecular flexibility index (Phi) is 3.89. The minimum absolute atomic E-state index is 0.473. The Morgan fingerprint density at radius 2 is 1.90 bits per heavy atom. The summed E-state index contributed by atoms with van der Waals surface area (Å²) in [6, 6.07) is 5.23. The number of rotatable bonds is 3. The smallest absolute Gasteiger partial charge is 0.328 e. The van der Waals surface area contributed by atoms with Gasteiger partial charge in [-0.2, -0.15) is 0 Å². The highest BCUT2D eigenvalue weighted by Gasteiger charge is 2.06. The number of nitrogens with zero attached hydrogens (tertiary/aromatic N) is 1. The van der Waals surface area contributed by atoms with Crippen molar-refractivity contribution in [2.24, 2.45) is 0 Å². The van der Waals surface area contributed by atoms with Crippen molar-refractivity contribution in [1.82, 2.24) is 4.98 Å². The lowest BCUT2D eigenvalue weighted by atomic mass is 10.0. The zero-order chi connectivity index (χ0) is 14.7. The third-order valence-corrected chi connectivity index (χ3v) is 2.79. The number of pyridine rings is 1. The van der Waals surface area contributed by atoms with Crippen LogP contribution < -0.4 is 0 Å². The van der Waals surface area contributed by atoms with E-state index >= 15 is 0 Å². The molecule has 0 aliphatic heterocycles. The highest BCUT2D eigenvalue weighted by atomic mass is 19.2. The van der Waals surface area contributed by atoms with Crippen LogP contribution in [0, 0.1) is 11.6 Å². The monoisotopic (exact) mass is 275 g/mol. The van der Waals surface area contributed by atoms with Crippen LogP contribution in [-0.2, 0) is 4.79 Å². The highest BCUT2D eigenvalue weighted by Crippen LogP contribution is 2.24. The SMILES string of the molecule is C/C(=C\C(=O)O)c1cncc(-c2ccc(F)c(F)c2)c1. The molecule has 3 nitrogen and oxygen atoms in total. The van der Waals surface area contributed by atoms with Gasteiger partial charge in [-0.15, -0.1) is 0 Å². The largest absolute Gasteiger partial charge is 0.478 e. The van der Waals surface area contributed by atoms with E-state index in [1.54, 1.807) is 13.0 Å². The van der Waals surface area contributed by atoms with E-state index in [0.717, 1.165) is 18.2 Å². The minimum Gasteiger partial charge on any atom is -0.478 e. The lowest BCUT2D eigenvalue weighted by molar-refractivity contribution is -0.131. The van der Waals surface area contributed by atoms with E-state index in [9.17, 15) is 13.6 Å². The summed E-state index contributed by atoms with van der Waals surface area (Å²) >= 11 is 0. The molecule has 0 aliphatic rings. The van der Waals surface area contributed by atoms with E-state index in [1.165, 1.54) is 18.5 Å². The Morgan fingerprint density at radius 1 is 1.15 bits per heavy atom. The van der Waals surface area contributed by atoms with Crippen molar-refractivity contribution in [2.45, 2.75) is 6.92 Å². The first-order valence-corrected chi connectivity index (χ1v) is 5.79. The number of aromatic nitrogens is 1. The summed E-state index contributed by atoms with van der Waals surface area (Å²) < 4.78 is 26.1. The van der Waals surface area contributed by atoms with Crippen LogP contribution in [0.5, 0.6) is 0 Å². The maximum absolute atomic E-state index is 13.2. The molecule has 0 spiro atoms. The molecule has 0 fully saturated rings. The van der Waals surface area contributed by atoms with Crippen molar-refractivity contribution in [2.75, 3.05) is 0 Å². The molecule has 0 bridgehead atoms. The average Bonchev–Trinajstić information content (AvgIpc) is 2.41. The van der Waals surface area contributed by atoms with Crippen LogP contribution in [0.25, 0.3) is 16.7 Å². The summed E-state index contributed by atoms with van der Waals surface area (Å²) in [7, 11) is 0. The summed E-state index contributed by atoms with van der Waals surface area (Å²) in [5.74, 6) is -2.91. The molecule has 1 aromatic heterocycles. The van der Waals surface area contributed by atoms with Crippen LogP contribution >= 0.6 is 0 Å². The topological polar surface area (TPSA) is 50.2 Å². The Morgan fingerprint density at radius 3 is 2.55 bits per heavy atom. The normalized spacial score (nSPS) is 11.4. The molecule has 102 valence electrons. The predicted molar refractivity (Wildman–Crippen MR) is 70.9 cm³/mol. The molecule has 0 aliphatic carbocycles. The maximum atomic E-state index is 13.2. The molecule has 2 rings (SSSR count). The Hall–Kier alpha value is -2.56. The van der Waals surface area contributed by atoms with Crippen molar-refractivity contribution in [3.63, 3.8) is 0 Å². The number of allylic oxidation sites excluding steroid dienone is 1. The van der Waals surface area contributed by atoms with Crippen molar-refractivity contribution in [3.8, 4) is 11.1 Å². The number of aliphatic carboxylic acids is 1. The quantitative estimate of drug-likeness (QED) is 0.872. The molecule has 0 unspecified atom stereocenters. The second-order valence-electron chi connectivity index (χ2n) is 4.26. The zero-order valence-corrected chi connectivity index (χ0v) is 10.6. The van der Waals surface area contributed by atoms with Crippen LogP contribution in [0.1, 0.15) is 12.5 Å². The fourth-order valence-electron chi connectivity index (χ4n) is 1.76. The second kappa shape index (κ2) is 5.61. The van der Waals surface area contributed by atoms with Gasteiger partial charge in [-0.1, -0.05) is 6.07 Å². The predicted octanol–water partition coefficient (Wildman–Crippen LogP) is 3.51. The van der Waals surface area contributed by atoms with E-state index in [4.69, 9.17) is 5.11 Å². The van der Waals surface area contributed by atoms with Gasteiger partial charge in [0.25, 0.3) is 0 Å². The first kappa shape index (κ1) is 13.9. The number of hydrogen-bond donors (Lipinski definition) is 1. The van der Waals surface area contributed by atoms with E-state index in [-0.39, 0.29) is 0 Å². The van der Waals surface area contributed by atoms with Crippen LogP contribution in [0.4, 0.5) is 8.78 Å². The van der Waals surface area contributed by atoms with Crippen molar-refractivity contribution in [1.29, 1.82) is 0 Å². The molecule has 1 heterocycles. The van der Waals surface area contributed by atoms with E-state index in [0.29, 0.717) is 22.3 Å². The number of hydrogen-bond acceptors (Lipinski definition) is 2. The Balaban J connectivity index is 2.44. The standard InChI is InChI=1S/C15H11F2NO2/c1-9(4-15(19)20)11-5-12(8-18-7-11)10-2-3-13(16)14(17)6-10/h2-8H,1H3,(H,19,20)/b9-4+. The van der Waals surface area contributed by atoms with Crippen LogP contribution in [0.15, 0.2) is 42.7 Å². The van der Waals surface area contributed by atoms with Gasteiger partial charge in [-0.25, -0.2) is 13.6 Å². The van der Waals surface area contributed by atoms with Crippen LogP contribution in [0.3, 0.4) is 0 Å². The third-order valence-electron chi connectivity index (χ3n) is 2.79. The van der Waals surface area contributed by atoms with Gasteiger partial charge in [-0.3, -0.25) is 4.98 Å². The number of benzene rings is 1.